The normalized spacial score (nSPS) is 11.4. The van der Waals surface area contributed by atoms with E-state index in [-0.39, 0.29) is 18.0 Å². The lowest BCUT2D eigenvalue weighted by molar-refractivity contribution is -0.129. The van der Waals surface area contributed by atoms with E-state index in [2.05, 4.69) is 26.1 Å². The van der Waals surface area contributed by atoms with Gasteiger partial charge in [-0.05, 0) is 0 Å². The molecular formula is C7H8BrN3O3S. The van der Waals surface area contributed by atoms with Crippen molar-refractivity contribution in [2.24, 2.45) is 5.16 Å². The molecule has 0 radical (unpaired) electrons. The third kappa shape index (κ3) is 3.48. The fraction of sp³-hybridized carbons (Fsp3) is 0.286. The zero-order valence-electron chi connectivity index (χ0n) is 7.51. The second kappa shape index (κ2) is 5.66. The molecule has 0 aliphatic rings. The minimum absolute atomic E-state index is 0.208. The van der Waals surface area contributed by atoms with E-state index < -0.39 is 5.97 Å². The Balaban J connectivity index is 2.83. The number of rotatable bonds is 5. The number of carboxylic acids is 1. The van der Waals surface area contributed by atoms with E-state index in [4.69, 9.17) is 15.7 Å². The molecule has 0 aliphatic carbocycles. The van der Waals surface area contributed by atoms with Crippen molar-refractivity contribution in [3.05, 3.63) is 11.1 Å². The maximum absolute atomic E-state index is 10.8. The Bertz CT molecular complexity index is 379. The summed E-state index contributed by atoms with van der Waals surface area (Å²) in [6.45, 7) is 0.288. The van der Waals surface area contributed by atoms with E-state index in [9.17, 15) is 4.79 Å². The summed E-state index contributed by atoms with van der Waals surface area (Å²) >= 11 is 4.27. The Morgan fingerprint density at radius 2 is 2.53 bits per heavy atom. The SMILES string of the molecule is Nc1nc(/C(=N/OCCBr)C(=O)O)cs1. The van der Waals surface area contributed by atoms with Crippen LogP contribution >= 0.6 is 27.3 Å². The van der Waals surface area contributed by atoms with E-state index in [1.165, 1.54) is 5.38 Å². The molecule has 1 aromatic heterocycles. The monoisotopic (exact) mass is 293 g/mol. The highest BCUT2D eigenvalue weighted by molar-refractivity contribution is 9.09. The van der Waals surface area contributed by atoms with Crippen molar-refractivity contribution >= 4 is 44.1 Å². The number of hydrogen-bond donors (Lipinski definition) is 2. The van der Waals surface area contributed by atoms with Gasteiger partial charge in [0.2, 0.25) is 5.71 Å². The van der Waals surface area contributed by atoms with Gasteiger partial charge in [-0.15, -0.1) is 11.3 Å². The molecule has 82 valence electrons. The number of nitrogen functional groups attached to an aromatic ring is 1. The van der Waals surface area contributed by atoms with Crippen LogP contribution in [0.4, 0.5) is 5.13 Å². The van der Waals surface area contributed by atoms with Gasteiger partial charge in [0.25, 0.3) is 0 Å². The summed E-state index contributed by atoms with van der Waals surface area (Å²) in [4.78, 5) is 19.4. The van der Waals surface area contributed by atoms with E-state index in [0.29, 0.717) is 10.5 Å². The number of nitrogens with two attached hydrogens (primary N) is 1. The summed E-state index contributed by atoms with van der Waals surface area (Å²) < 4.78 is 0. The van der Waals surface area contributed by atoms with Crippen LogP contribution < -0.4 is 5.73 Å². The largest absolute Gasteiger partial charge is 0.476 e. The van der Waals surface area contributed by atoms with Gasteiger partial charge in [0.1, 0.15) is 12.3 Å². The number of nitrogens with zero attached hydrogens (tertiary/aromatic N) is 2. The van der Waals surface area contributed by atoms with Crippen LogP contribution in [0.5, 0.6) is 0 Å². The highest BCUT2D eigenvalue weighted by Crippen LogP contribution is 2.12. The zero-order chi connectivity index (χ0) is 11.3. The lowest BCUT2D eigenvalue weighted by Crippen LogP contribution is -2.15. The molecule has 0 saturated heterocycles. The molecule has 8 heteroatoms. The second-order valence-corrected chi connectivity index (χ2v) is 4.02. The summed E-state index contributed by atoms with van der Waals surface area (Å²) in [6.07, 6.45) is 0. The molecular weight excluding hydrogens is 286 g/mol. The zero-order valence-corrected chi connectivity index (χ0v) is 9.92. The highest BCUT2D eigenvalue weighted by atomic mass is 79.9. The predicted octanol–water partition coefficient (Wildman–Crippen LogP) is 0.926. The molecule has 0 atom stereocenters. The van der Waals surface area contributed by atoms with Crippen molar-refractivity contribution in [1.29, 1.82) is 0 Å². The molecule has 0 aromatic carbocycles. The van der Waals surface area contributed by atoms with Crippen molar-refractivity contribution in [2.45, 2.75) is 0 Å². The van der Waals surface area contributed by atoms with E-state index in [1.54, 1.807) is 0 Å². The van der Waals surface area contributed by atoms with Gasteiger partial charge < -0.3 is 15.7 Å². The third-order valence-electron chi connectivity index (χ3n) is 1.29. The first-order valence-corrected chi connectivity index (χ1v) is 5.86. The summed E-state index contributed by atoms with van der Waals surface area (Å²) in [5.41, 5.74) is 5.34. The molecule has 1 heterocycles. The number of oxime groups is 1. The molecule has 0 amide bonds. The second-order valence-electron chi connectivity index (χ2n) is 2.34. The molecule has 15 heavy (non-hydrogen) atoms. The number of hydrogen-bond acceptors (Lipinski definition) is 6. The van der Waals surface area contributed by atoms with E-state index >= 15 is 0 Å². The van der Waals surface area contributed by atoms with Crippen LogP contribution in [0.2, 0.25) is 0 Å². The molecule has 6 nitrogen and oxygen atoms in total. The van der Waals surface area contributed by atoms with Crippen molar-refractivity contribution in [3.63, 3.8) is 0 Å². The number of anilines is 1. The quantitative estimate of drug-likeness (QED) is 0.364. The Morgan fingerprint density at radius 3 is 3.00 bits per heavy atom. The number of alkyl halides is 1. The Labute approximate surface area is 97.9 Å². The van der Waals surface area contributed by atoms with Crippen LogP contribution in [0.15, 0.2) is 10.5 Å². The van der Waals surface area contributed by atoms with Gasteiger partial charge >= 0.3 is 5.97 Å². The maximum atomic E-state index is 10.8. The number of aromatic nitrogens is 1. The van der Waals surface area contributed by atoms with Crippen LogP contribution in [0.25, 0.3) is 0 Å². The summed E-state index contributed by atoms with van der Waals surface area (Å²) in [7, 11) is 0. The van der Waals surface area contributed by atoms with Gasteiger partial charge in [0, 0.05) is 10.7 Å². The van der Waals surface area contributed by atoms with Crippen molar-refractivity contribution in [1.82, 2.24) is 4.98 Å². The average molecular weight is 294 g/mol. The first-order chi connectivity index (χ1) is 7.15. The van der Waals surface area contributed by atoms with Gasteiger partial charge in [-0.25, -0.2) is 9.78 Å². The molecule has 0 unspecified atom stereocenters. The molecule has 1 aromatic rings. The smallest absolute Gasteiger partial charge is 0.360 e. The fourth-order valence-electron chi connectivity index (χ4n) is 0.736. The lowest BCUT2D eigenvalue weighted by atomic mass is 10.3. The molecule has 0 aliphatic heterocycles. The Morgan fingerprint density at radius 1 is 1.80 bits per heavy atom. The summed E-state index contributed by atoms with van der Waals surface area (Å²) in [5.74, 6) is -1.20. The number of aliphatic carboxylic acids is 1. The first kappa shape index (κ1) is 11.9. The minimum atomic E-state index is -1.20. The minimum Gasteiger partial charge on any atom is -0.476 e. The average Bonchev–Trinajstić information content (AvgIpc) is 2.59. The van der Waals surface area contributed by atoms with Crippen molar-refractivity contribution in [2.75, 3.05) is 17.7 Å². The summed E-state index contributed by atoms with van der Waals surface area (Å²) in [6, 6.07) is 0. The number of thiazole rings is 1. The molecule has 0 saturated carbocycles. The van der Waals surface area contributed by atoms with Crippen LogP contribution in [-0.4, -0.2) is 33.7 Å². The molecule has 1 rings (SSSR count). The van der Waals surface area contributed by atoms with Gasteiger partial charge in [-0.3, -0.25) is 0 Å². The number of halogens is 1. The van der Waals surface area contributed by atoms with Crippen LogP contribution in [-0.2, 0) is 9.63 Å². The highest BCUT2D eigenvalue weighted by Gasteiger charge is 2.16. The Hall–Kier alpha value is -1.15. The Kier molecular flexibility index (Phi) is 4.50. The van der Waals surface area contributed by atoms with E-state index in [0.717, 1.165) is 11.3 Å². The van der Waals surface area contributed by atoms with Crippen molar-refractivity contribution in [3.8, 4) is 0 Å². The summed E-state index contributed by atoms with van der Waals surface area (Å²) in [5, 5.41) is 14.7. The predicted molar refractivity (Wildman–Crippen MR) is 60.4 cm³/mol. The molecule has 0 spiro atoms. The third-order valence-corrected chi connectivity index (χ3v) is 2.29. The molecule has 0 fully saturated rings. The topological polar surface area (TPSA) is 97.8 Å². The number of carboxylic acid groups (broad SMARTS) is 1. The standard InChI is InChI=1S/C7H8BrN3O3S/c8-1-2-14-11-5(6(12)13)4-3-15-7(9)10-4/h3H,1-2H2,(H2,9,10)(H,12,13)/b11-5-. The van der Waals surface area contributed by atoms with E-state index in [1.807, 2.05) is 0 Å². The van der Waals surface area contributed by atoms with Gasteiger partial charge in [-0.2, -0.15) is 0 Å². The van der Waals surface area contributed by atoms with Crippen molar-refractivity contribution < 1.29 is 14.7 Å². The fourth-order valence-corrected chi connectivity index (χ4v) is 1.43. The maximum Gasteiger partial charge on any atom is 0.360 e. The number of carbonyl (C=O) groups is 1. The molecule has 3 N–H and O–H groups in total. The van der Waals surface area contributed by atoms with Crippen LogP contribution in [0.3, 0.4) is 0 Å². The first-order valence-electron chi connectivity index (χ1n) is 3.85. The lowest BCUT2D eigenvalue weighted by Gasteiger charge is -1.97. The van der Waals surface area contributed by atoms with Gasteiger partial charge in [-0.1, -0.05) is 21.1 Å². The van der Waals surface area contributed by atoms with Gasteiger partial charge in [0.15, 0.2) is 5.13 Å². The molecule has 0 bridgehead atoms. The van der Waals surface area contributed by atoms with Crippen LogP contribution in [0.1, 0.15) is 5.69 Å². The van der Waals surface area contributed by atoms with Gasteiger partial charge in [0.05, 0.1) is 0 Å². The van der Waals surface area contributed by atoms with Crippen LogP contribution in [0, 0.1) is 0 Å².